The van der Waals surface area contributed by atoms with Gasteiger partial charge in [-0.25, -0.2) is 12.8 Å². The molecular formula is C26H27ClFN3O3S. The number of hydrogen-bond donors (Lipinski definition) is 0. The van der Waals surface area contributed by atoms with Gasteiger partial charge in [0.15, 0.2) is 0 Å². The molecule has 3 aromatic carbocycles. The highest BCUT2D eigenvalue weighted by Gasteiger charge is 2.30. The molecule has 0 spiro atoms. The minimum absolute atomic E-state index is 0.0370. The average Bonchev–Trinajstić information content (AvgIpc) is 2.85. The molecule has 4 rings (SSSR count). The van der Waals surface area contributed by atoms with E-state index in [1.165, 1.54) is 36.4 Å². The van der Waals surface area contributed by atoms with Crippen molar-refractivity contribution in [1.82, 2.24) is 9.21 Å². The monoisotopic (exact) mass is 515 g/mol. The van der Waals surface area contributed by atoms with Gasteiger partial charge in [0.05, 0.1) is 11.4 Å². The van der Waals surface area contributed by atoms with Gasteiger partial charge in [0, 0.05) is 43.4 Å². The summed E-state index contributed by atoms with van der Waals surface area (Å²) in [7, 11) is -3.95. The van der Waals surface area contributed by atoms with Crippen molar-refractivity contribution in [2.45, 2.75) is 18.4 Å². The van der Waals surface area contributed by atoms with E-state index < -0.39 is 15.8 Å². The molecular weight excluding hydrogens is 489 g/mol. The van der Waals surface area contributed by atoms with Gasteiger partial charge < -0.3 is 9.80 Å². The average molecular weight is 516 g/mol. The minimum Gasteiger partial charge on any atom is -0.368 e. The summed E-state index contributed by atoms with van der Waals surface area (Å²) in [5, 5.41) is 0.652. The van der Waals surface area contributed by atoms with Gasteiger partial charge in [-0.2, -0.15) is 4.31 Å². The molecule has 0 N–H and O–H groups in total. The van der Waals surface area contributed by atoms with E-state index in [-0.39, 0.29) is 23.9 Å². The second kappa shape index (κ2) is 10.8. The van der Waals surface area contributed by atoms with E-state index >= 15 is 0 Å². The summed E-state index contributed by atoms with van der Waals surface area (Å²) in [6, 6.07) is 19.7. The van der Waals surface area contributed by atoms with Crippen molar-refractivity contribution in [3.63, 3.8) is 0 Å². The van der Waals surface area contributed by atoms with Crippen LogP contribution in [0.1, 0.15) is 11.1 Å². The van der Waals surface area contributed by atoms with Crippen LogP contribution in [0.3, 0.4) is 0 Å². The fourth-order valence-corrected chi connectivity index (χ4v) is 5.58. The first-order chi connectivity index (χ1) is 16.7. The molecule has 35 heavy (non-hydrogen) atoms. The number of piperazine rings is 1. The largest absolute Gasteiger partial charge is 0.368 e. The number of carbonyl (C=O) groups is 1. The Morgan fingerprint density at radius 3 is 2.26 bits per heavy atom. The number of hydrogen-bond acceptors (Lipinski definition) is 4. The minimum atomic E-state index is -3.95. The van der Waals surface area contributed by atoms with Crippen LogP contribution >= 0.6 is 11.6 Å². The number of aryl methyl sites for hydroxylation is 1. The van der Waals surface area contributed by atoms with Crippen LogP contribution in [0.15, 0.2) is 77.7 Å². The van der Waals surface area contributed by atoms with Gasteiger partial charge in [-0.1, -0.05) is 47.5 Å². The van der Waals surface area contributed by atoms with Crippen molar-refractivity contribution < 1.29 is 17.6 Å². The SMILES string of the molecule is Cc1ccc(S(=O)(=O)N(CC(=O)N2CCN(c3cccc(Cl)c3)CC2)Cc2ccc(F)cc2)cc1. The lowest BCUT2D eigenvalue weighted by Gasteiger charge is -2.37. The maximum atomic E-state index is 13.5. The molecule has 0 radical (unpaired) electrons. The summed E-state index contributed by atoms with van der Waals surface area (Å²) in [5.41, 5.74) is 2.52. The van der Waals surface area contributed by atoms with E-state index in [9.17, 15) is 17.6 Å². The van der Waals surface area contributed by atoms with Crippen LogP contribution in [0, 0.1) is 12.7 Å². The molecule has 1 saturated heterocycles. The van der Waals surface area contributed by atoms with Gasteiger partial charge in [0.1, 0.15) is 5.82 Å². The predicted molar refractivity (Wildman–Crippen MR) is 135 cm³/mol. The summed E-state index contributed by atoms with van der Waals surface area (Å²) in [5.74, 6) is -0.677. The number of amides is 1. The standard InChI is InChI=1S/C26H27ClFN3O3S/c1-20-5-11-25(12-6-20)35(33,34)31(18-21-7-9-23(28)10-8-21)19-26(32)30-15-13-29(14-16-30)24-4-2-3-22(27)17-24/h2-12,17H,13-16,18-19H2,1H3. The number of carbonyl (C=O) groups excluding carboxylic acids is 1. The van der Waals surface area contributed by atoms with E-state index in [0.29, 0.717) is 36.8 Å². The first-order valence-electron chi connectivity index (χ1n) is 11.3. The Morgan fingerprint density at radius 1 is 0.971 bits per heavy atom. The summed E-state index contributed by atoms with van der Waals surface area (Å²) in [4.78, 5) is 17.1. The van der Waals surface area contributed by atoms with Crippen molar-refractivity contribution in [3.05, 3.63) is 94.8 Å². The molecule has 6 nitrogen and oxygen atoms in total. The smallest absolute Gasteiger partial charge is 0.243 e. The van der Waals surface area contributed by atoms with Gasteiger partial charge in [-0.3, -0.25) is 4.79 Å². The summed E-state index contributed by atoms with van der Waals surface area (Å²) < 4.78 is 41.5. The van der Waals surface area contributed by atoms with Gasteiger partial charge in [0.2, 0.25) is 15.9 Å². The predicted octanol–water partition coefficient (Wildman–Crippen LogP) is 4.33. The third-order valence-electron chi connectivity index (χ3n) is 6.05. The molecule has 9 heteroatoms. The Morgan fingerprint density at radius 2 is 1.63 bits per heavy atom. The number of halogens is 2. The molecule has 1 heterocycles. The molecule has 1 aliphatic rings. The Labute approximate surface area is 210 Å². The second-order valence-electron chi connectivity index (χ2n) is 8.56. The lowest BCUT2D eigenvalue weighted by molar-refractivity contribution is -0.131. The van der Waals surface area contributed by atoms with Crippen molar-refractivity contribution in [2.24, 2.45) is 0 Å². The van der Waals surface area contributed by atoms with Crippen LogP contribution in [-0.2, 0) is 21.4 Å². The zero-order valence-electron chi connectivity index (χ0n) is 19.4. The number of nitrogens with zero attached hydrogens (tertiary/aromatic N) is 3. The van der Waals surface area contributed by atoms with Crippen LogP contribution in [0.5, 0.6) is 0 Å². The maximum Gasteiger partial charge on any atom is 0.243 e. The lowest BCUT2D eigenvalue weighted by atomic mass is 10.2. The lowest BCUT2D eigenvalue weighted by Crippen LogP contribution is -2.51. The van der Waals surface area contributed by atoms with Crippen LogP contribution in [0.25, 0.3) is 0 Å². The molecule has 3 aromatic rings. The third kappa shape index (κ3) is 6.20. The molecule has 0 saturated carbocycles. The number of benzene rings is 3. The number of sulfonamides is 1. The Hall–Kier alpha value is -2.94. The van der Waals surface area contributed by atoms with Crippen LogP contribution in [0.4, 0.5) is 10.1 Å². The summed E-state index contributed by atoms with van der Waals surface area (Å²) in [6.07, 6.45) is 0. The first-order valence-corrected chi connectivity index (χ1v) is 13.1. The zero-order chi connectivity index (χ0) is 25.0. The fourth-order valence-electron chi connectivity index (χ4n) is 4.02. The van der Waals surface area contributed by atoms with Gasteiger partial charge >= 0.3 is 0 Å². The van der Waals surface area contributed by atoms with Crippen LogP contribution in [-0.4, -0.2) is 56.3 Å². The first kappa shape index (κ1) is 25.2. The molecule has 0 aliphatic carbocycles. The molecule has 1 aliphatic heterocycles. The molecule has 1 amide bonds. The molecule has 0 aromatic heterocycles. The number of rotatable bonds is 7. The molecule has 0 atom stereocenters. The summed E-state index contributed by atoms with van der Waals surface area (Å²) >= 11 is 6.10. The zero-order valence-corrected chi connectivity index (χ0v) is 21.0. The van der Waals surface area contributed by atoms with E-state index in [1.54, 1.807) is 17.0 Å². The van der Waals surface area contributed by atoms with Crippen molar-refractivity contribution >= 4 is 33.2 Å². The third-order valence-corrected chi connectivity index (χ3v) is 8.09. The van der Waals surface area contributed by atoms with Gasteiger partial charge in [0.25, 0.3) is 0 Å². The van der Waals surface area contributed by atoms with Gasteiger partial charge in [-0.05, 0) is 55.0 Å². The second-order valence-corrected chi connectivity index (χ2v) is 10.9. The molecule has 1 fully saturated rings. The Balaban J connectivity index is 1.50. The van der Waals surface area contributed by atoms with Crippen molar-refractivity contribution in [2.75, 3.05) is 37.6 Å². The topological polar surface area (TPSA) is 60.9 Å². The highest BCUT2D eigenvalue weighted by atomic mass is 35.5. The molecule has 0 bridgehead atoms. The summed E-state index contributed by atoms with van der Waals surface area (Å²) in [6.45, 7) is 3.72. The van der Waals surface area contributed by atoms with E-state index in [0.717, 1.165) is 15.6 Å². The quantitative estimate of drug-likeness (QED) is 0.470. The molecule has 184 valence electrons. The molecule has 0 unspecified atom stereocenters. The van der Waals surface area contributed by atoms with E-state index in [1.807, 2.05) is 31.2 Å². The highest BCUT2D eigenvalue weighted by molar-refractivity contribution is 7.89. The normalized spacial score (nSPS) is 14.4. The Bertz CT molecular complexity index is 1280. The van der Waals surface area contributed by atoms with Crippen LogP contribution in [0.2, 0.25) is 5.02 Å². The van der Waals surface area contributed by atoms with E-state index in [2.05, 4.69) is 4.90 Å². The van der Waals surface area contributed by atoms with Gasteiger partial charge in [-0.15, -0.1) is 0 Å². The Kier molecular flexibility index (Phi) is 7.74. The van der Waals surface area contributed by atoms with Crippen LogP contribution < -0.4 is 4.90 Å². The highest BCUT2D eigenvalue weighted by Crippen LogP contribution is 2.22. The van der Waals surface area contributed by atoms with E-state index in [4.69, 9.17) is 11.6 Å². The maximum absolute atomic E-state index is 13.5. The van der Waals surface area contributed by atoms with Crippen molar-refractivity contribution in [3.8, 4) is 0 Å². The van der Waals surface area contributed by atoms with Crippen molar-refractivity contribution in [1.29, 1.82) is 0 Å². The number of anilines is 1. The fraction of sp³-hybridized carbons (Fsp3) is 0.269.